The summed E-state index contributed by atoms with van der Waals surface area (Å²) < 4.78 is 0. The van der Waals surface area contributed by atoms with E-state index in [2.05, 4.69) is 18.3 Å². The van der Waals surface area contributed by atoms with Crippen molar-refractivity contribution in [1.82, 2.24) is 15.1 Å². The highest BCUT2D eigenvalue weighted by Crippen LogP contribution is 2.59. The highest BCUT2D eigenvalue weighted by Gasteiger charge is 2.60. The highest BCUT2D eigenvalue weighted by atomic mass is 16.4. The Hall–Kier alpha value is -1.81. The Balaban J connectivity index is 1.43. The summed E-state index contributed by atoms with van der Waals surface area (Å²) in [4.78, 5) is 28.7. The Morgan fingerprint density at radius 1 is 1.16 bits per heavy atom. The Labute approximate surface area is 192 Å². The minimum absolute atomic E-state index is 0.0184. The number of carbonyl (C=O) groups excluding carboxylic acids is 1. The smallest absolute Gasteiger partial charge is 0.407 e. The third kappa shape index (κ3) is 4.62. The van der Waals surface area contributed by atoms with Gasteiger partial charge in [-0.05, 0) is 69.6 Å². The van der Waals surface area contributed by atoms with E-state index >= 15 is 0 Å². The van der Waals surface area contributed by atoms with Gasteiger partial charge in [-0.2, -0.15) is 5.26 Å². The Morgan fingerprint density at radius 2 is 1.88 bits per heavy atom. The summed E-state index contributed by atoms with van der Waals surface area (Å²) >= 11 is 0. The molecule has 4 aliphatic carbocycles. The standard InChI is InChI=1S/C25H40N4O3/c1-2-3-4-5-6-10-29(23(31)32)25-14-19-11-20(15-25)13-24(12-19,18-25)27-17-22(30)28-9-7-8-21(28)16-26/h19-21,27H,2-15,17-18H2,1H3,(H,31,32)/t19?,20?,21-,24?,25?/m0/s1. The van der Waals surface area contributed by atoms with Crippen molar-refractivity contribution in [2.45, 2.75) is 108 Å². The van der Waals surface area contributed by atoms with Gasteiger partial charge in [0, 0.05) is 24.2 Å². The number of nitrogens with one attached hydrogen (secondary N) is 1. The zero-order chi connectivity index (χ0) is 22.8. The van der Waals surface area contributed by atoms with Crippen LogP contribution < -0.4 is 5.32 Å². The van der Waals surface area contributed by atoms with E-state index in [0.29, 0.717) is 24.9 Å². The molecular weight excluding hydrogens is 404 g/mol. The van der Waals surface area contributed by atoms with Gasteiger partial charge in [0.2, 0.25) is 5.91 Å². The van der Waals surface area contributed by atoms with Crippen LogP contribution in [0, 0.1) is 23.2 Å². The zero-order valence-corrected chi connectivity index (χ0v) is 19.7. The molecule has 0 radical (unpaired) electrons. The molecule has 2 N–H and O–H groups in total. The average Bonchev–Trinajstić information content (AvgIpc) is 3.22. The maximum atomic E-state index is 12.9. The van der Waals surface area contributed by atoms with Crippen molar-refractivity contribution < 1.29 is 14.7 Å². The SMILES string of the molecule is CCCCCCCN(C(=O)O)C12CC3CC(CC(NCC(=O)N4CCC[C@H]4C#N)(C3)C1)C2. The second kappa shape index (κ2) is 9.59. The molecule has 5 rings (SSSR count). The van der Waals surface area contributed by atoms with Gasteiger partial charge in [0.15, 0.2) is 0 Å². The minimum atomic E-state index is -0.775. The van der Waals surface area contributed by atoms with Crippen LogP contribution in [-0.4, -0.2) is 63.7 Å². The van der Waals surface area contributed by atoms with Crippen LogP contribution in [-0.2, 0) is 4.79 Å². The van der Waals surface area contributed by atoms with Gasteiger partial charge in [-0.25, -0.2) is 4.79 Å². The molecule has 0 aromatic heterocycles. The number of amides is 2. The van der Waals surface area contributed by atoms with Crippen molar-refractivity contribution in [1.29, 1.82) is 5.26 Å². The van der Waals surface area contributed by atoms with Crippen LogP contribution >= 0.6 is 0 Å². The molecule has 32 heavy (non-hydrogen) atoms. The zero-order valence-electron chi connectivity index (χ0n) is 19.7. The second-order valence-electron chi connectivity index (χ2n) is 11.0. The van der Waals surface area contributed by atoms with Crippen molar-refractivity contribution in [2.24, 2.45) is 11.8 Å². The van der Waals surface area contributed by atoms with E-state index in [1.54, 1.807) is 9.80 Å². The van der Waals surface area contributed by atoms with Gasteiger partial charge in [-0.3, -0.25) is 4.79 Å². The largest absolute Gasteiger partial charge is 0.465 e. The summed E-state index contributed by atoms with van der Waals surface area (Å²) in [6, 6.07) is 1.97. The van der Waals surface area contributed by atoms with E-state index < -0.39 is 6.09 Å². The predicted octanol–water partition coefficient (Wildman–Crippen LogP) is 4.13. The topological polar surface area (TPSA) is 96.7 Å². The van der Waals surface area contributed by atoms with Crippen LogP contribution in [0.2, 0.25) is 0 Å². The van der Waals surface area contributed by atoms with Crippen LogP contribution in [0.15, 0.2) is 0 Å². The fraction of sp³-hybridized carbons (Fsp3) is 0.880. The van der Waals surface area contributed by atoms with E-state index in [0.717, 1.165) is 57.8 Å². The van der Waals surface area contributed by atoms with Gasteiger partial charge in [0.05, 0.1) is 12.6 Å². The third-order valence-electron chi connectivity index (χ3n) is 8.66. The molecule has 5 aliphatic rings. The highest BCUT2D eigenvalue weighted by molar-refractivity contribution is 5.79. The number of nitriles is 1. The maximum absolute atomic E-state index is 12.9. The third-order valence-corrected chi connectivity index (χ3v) is 8.66. The lowest BCUT2D eigenvalue weighted by molar-refractivity contribution is -0.133. The first-order valence-electron chi connectivity index (χ1n) is 12.8. The van der Waals surface area contributed by atoms with Crippen molar-refractivity contribution in [2.75, 3.05) is 19.6 Å². The summed E-state index contributed by atoms with van der Waals surface area (Å²) in [5, 5.41) is 23.1. The minimum Gasteiger partial charge on any atom is -0.465 e. The molecule has 1 saturated heterocycles. The molecule has 5 fully saturated rings. The lowest BCUT2D eigenvalue weighted by Gasteiger charge is -2.64. The number of carbonyl (C=O) groups is 2. The monoisotopic (exact) mass is 444 g/mol. The number of rotatable bonds is 10. The first kappa shape index (κ1) is 23.4. The number of hydrogen-bond acceptors (Lipinski definition) is 4. The number of unbranched alkanes of at least 4 members (excludes halogenated alkanes) is 4. The lowest BCUT2D eigenvalue weighted by atomic mass is 9.49. The molecule has 2 unspecified atom stereocenters. The molecule has 0 aromatic carbocycles. The van der Waals surface area contributed by atoms with Crippen LogP contribution in [0.1, 0.15) is 90.4 Å². The molecule has 0 aromatic rings. The Morgan fingerprint density at radius 3 is 2.53 bits per heavy atom. The van der Waals surface area contributed by atoms with Gasteiger partial charge in [0.25, 0.3) is 0 Å². The van der Waals surface area contributed by atoms with Crippen molar-refractivity contribution >= 4 is 12.0 Å². The summed E-state index contributed by atoms with van der Waals surface area (Å²) in [5.41, 5.74) is -0.420. The van der Waals surface area contributed by atoms with Gasteiger partial charge in [-0.15, -0.1) is 0 Å². The van der Waals surface area contributed by atoms with Crippen molar-refractivity contribution in [3.63, 3.8) is 0 Å². The first-order valence-corrected chi connectivity index (χ1v) is 12.8. The van der Waals surface area contributed by atoms with Gasteiger partial charge in [-0.1, -0.05) is 32.6 Å². The van der Waals surface area contributed by atoms with E-state index in [1.807, 2.05) is 0 Å². The maximum Gasteiger partial charge on any atom is 0.407 e. The number of nitrogens with zero attached hydrogens (tertiary/aromatic N) is 3. The first-order chi connectivity index (χ1) is 15.4. The lowest BCUT2D eigenvalue weighted by Crippen LogP contribution is -2.70. The van der Waals surface area contributed by atoms with Crippen molar-refractivity contribution in [3.8, 4) is 6.07 Å². The van der Waals surface area contributed by atoms with E-state index in [9.17, 15) is 20.0 Å². The summed E-state index contributed by atoms with van der Waals surface area (Å²) in [7, 11) is 0. The van der Waals surface area contributed by atoms with Gasteiger partial charge >= 0.3 is 6.09 Å². The van der Waals surface area contributed by atoms with Crippen LogP contribution in [0.4, 0.5) is 4.79 Å². The summed E-state index contributed by atoms with van der Waals surface area (Å²) in [6.45, 7) is 3.76. The molecule has 178 valence electrons. The van der Waals surface area contributed by atoms with E-state index in [1.165, 1.54) is 25.7 Å². The molecule has 4 bridgehead atoms. The predicted molar refractivity (Wildman–Crippen MR) is 122 cm³/mol. The molecular formula is C25H40N4O3. The fourth-order valence-corrected chi connectivity index (χ4v) is 7.71. The molecule has 1 aliphatic heterocycles. The van der Waals surface area contributed by atoms with E-state index in [-0.39, 0.29) is 29.6 Å². The quantitative estimate of drug-likeness (QED) is 0.494. The molecule has 2 amide bonds. The average molecular weight is 445 g/mol. The molecule has 7 heteroatoms. The number of likely N-dealkylation sites (tertiary alicyclic amines) is 1. The second-order valence-corrected chi connectivity index (χ2v) is 11.0. The summed E-state index contributed by atoms with van der Waals surface area (Å²) in [6.07, 6.45) is 12.6. The normalized spacial score (nSPS) is 35.1. The molecule has 7 nitrogen and oxygen atoms in total. The number of hydrogen-bond donors (Lipinski definition) is 2. The number of carboxylic acid groups (broad SMARTS) is 1. The summed E-state index contributed by atoms with van der Waals surface area (Å²) in [5.74, 6) is 1.10. The van der Waals surface area contributed by atoms with Crippen LogP contribution in [0.25, 0.3) is 0 Å². The molecule has 0 spiro atoms. The van der Waals surface area contributed by atoms with Crippen LogP contribution in [0.5, 0.6) is 0 Å². The van der Waals surface area contributed by atoms with Gasteiger partial charge < -0.3 is 20.2 Å². The van der Waals surface area contributed by atoms with Crippen LogP contribution in [0.3, 0.4) is 0 Å². The fourth-order valence-electron chi connectivity index (χ4n) is 7.71. The molecule has 3 atom stereocenters. The van der Waals surface area contributed by atoms with E-state index in [4.69, 9.17) is 0 Å². The van der Waals surface area contributed by atoms with Gasteiger partial charge in [0.1, 0.15) is 6.04 Å². The van der Waals surface area contributed by atoms with Crippen molar-refractivity contribution in [3.05, 3.63) is 0 Å². The Bertz CT molecular complexity index is 734. The molecule has 4 saturated carbocycles. The molecule has 1 heterocycles. The Kier molecular flexibility index (Phi) is 7.00.